The lowest BCUT2D eigenvalue weighted by Crippen LogP contribution is -2.14. The third-order valence-electron chi connectivity index (χ3n) is 2.64. The van der Waals surface area contributed by atoms with E-state index in [0.717, 1.165) is 11.3 Å². The zero-order valence-corrected chi connectivity index (χ0v) is 11.4. The van der Waals surface area contributed by atoms with Crippen LogP contribution in [0, 0.1) is 0 Å². The minimum absolute atomic E-state index is 0.0174. The van der Waals surface area contributed by atoms with Crippen molar-refractivity contribution in [1.82, 2.24) is 0 Å². The summed E-state index contributed by atoms with van der Waals surface area (Å²) in [6.45, 7) is 2.12. The maximum atomic E-state index is 11.7. The van der Waals surface area contributed by atoms with Gasteiger partial charge in [-0.1, -0.05) is 18.2 Å². The first-order valence-electron chi connectivity index (χ1n) is 6.42. The second kappa shape index (κ2) is 9.49. The maximum Gasteiger partial charge on any atom is 0.224 e. The molecule has 0 aromatic heterocycles. The van der Waals surface area contributed by atoms with Gasteiger partial charge >= 0.3 is 0 Å². The van der Waals surface area contributed by atoms with E-state index in [4.69, 9.17) is 15.2 Å². The number of nitrogens with two attached hydrogens (primary N) is 1. The van der Waals surface area contributed by atoms with Gasteiger partial charge in [0.15, 0.2) is 0 Å². The molecule has 0 atom stereocenters. The summed E-state index contributed by atoms with van der Waals surface area (Å²) in [7, 11) is 1.63. The Hall–Kier alpha value is -1.43. The number of carbonyl (C=O) groups excluding carboxylic acids is 1. The number of anilines is 1. The van der Waals surface area contributed by atoms with Crippen molar-refractivity contribution >= 4 is 11.6 Å². The molecular formula is C14H22N2O3. The van der Waals surface area contributed by atoms with Crippen molar-refractivity contribution in [3.05, 3.63) is 29.8 Å². The van der Waals surface area contributed by atoms with E-state index in [-0.39, 0.29) is 5.91 Å². The molecule has 0 radical (unpaired) electrons. The third-order valence-corrected chi connectivity index (χ3v) is 2.64. The Kier molecular flexibility index (Phi) is 7.81. The second-order valence-electron chi connectivity index (χ2n) is 4.12. The number of ether oxygens (including phenoxy) is 2. The van der Waals surface area contributed by atoms with E-state index >= 15 is 0 Å². The lowest BCUT2D eigenvalue weighted by atomic mass is 10.1. The fraction of sp³-hybridized carbons (Fsp3) is 0.500. The normalized spacial score (nSPS) is 10.4. The quantitative estimate of drug-likeness (QED) is 0.665. The van der Waals surface area contributed by atoms with E-state index in [1.165, 1.54) is 0 Å². The highest BCUT2D eigenvalue weighted by Crippen LogP contribution is 2.14. The van der Waals surface area contributed by atoms with Gasteiger partial charge in [0.05, 0.1) is 13.2 Å². The fourth-order valence-corrected chi connectivity index (χ4v) is 1.61. The van der Waals surface area contributed by atoms with Gasteiger partial charge in [-0.2, -0.15) is 0 Å². The molecule has 0 fully saturated rings. The van der Waals surface area contributed by atoms with Crippen LogP contribution >= 0.6 is 0 Å². The van der Waals surface area contributed by atoms with Crippen molar-refractivity contribution < 1.29 is 14.3 Å². The summed E-state index contributed by atoms with van der Waals surface area (Å²) in [4.78, 5) is 11.7. The molecule has 0 aliphatic heterocycles. The van der Waals surface area contributed by atoms with E-state index < -0.39 is 0 Å². The largest absolute Gasteiger partial charge is 0.382 e. The minimum Gasteiger partial charge on any atom is -0.382 e. The van der Waals surface area contributed by atoms with Gasteiger partial charge < -0.3 is 20.5 Å². The number of para-hydroxylation sites is 1. The van der Waals surface area contributed by atoms with Gasteiger partial charge in [0.2, 0.25) is 5.91 Å². The Bertz CT molecular complexity index is 383. The lowest BCUT2D eigenvalue weighted by molar-refractivity contribution is -0.116. The molecule has 0 heterocycles. The standard InChI is InChI=1S/C14H22N2O3/c1-18-9-10-19-8-4-7-14(17)16-13-6-3-2-5-12(13)11-15/h2-3,5-6H,4,7-11,15H2,1H3,(H,16,17). The van der Waals surface area contributed by atoms with Crippen LogP contribution < -0.4 is 11.1 Å². The SMILES string of the molecule is COCCOCCCC(=O)Nc1ccccc1CN. The molecule has 106 valence electrons. The molecule has 0 aliphatic rings. The zero-order chi connectivity index (χ0) is 13.9. The minimum atomic E-state index is -0.0174. The molecule has 1 rings (SSSR count). The fourth-order valence-electron chi connectivity index (χ4n) is 1.61. The van der Waals surface area contributed by atoms with E-state index in [1.54, 1.807) is 7.11 Å². The Balaban J connectivity index is 2.23. The van der Waals surface area contributed by atoms with Crippen LogP contribution in [0.4, 0.5) is 5.69 Å². The summed E-state index contributed by atoms with van der Waals surface area (Å²) >= 11 is 0. The zero-order valence-electron chi connectivity index (χ0n) is 11.4. The summed E-state index contributed by atoms with van der Waals surface area (Å²) in [5, 5.41) is 2.86. The first kappa shape index (κ1) is 15.6. The first-order chi connectivity index (χ1) is 9.27. The van der Waals surface area contributed by atoms with Crippen molar-refractivity contribution in [2.75, 3.05) is 32.2 Å². The number of methoxy groups -OCH3 is 1. The van der Waals surface area contributed by atoms with Crippen LogP contribution in [0.15, 0.2) is 24.3 Å². The highest BCUT2D eigenvalue weighted by Gasteiger charge is 2.05. The van der Waals surface area contributed by atoms with Crippen molar-refractivity contribution in [1.29, 1.82) is 0 Å². The van der Waals surface area contributed by atoms with E-state index in [1.807, 2.05) is 24.3 Å². The summed E-state index contributed by atoms with van der Waals surface area (Å²) in [6, 6.07) is 7.54. The number of carbonyl (C=O) groups is 1. The first-order valence-corrected chi connectivity index (χ1v) is 6.42. The predicted octanol–water partition coefficient (Wildman–Crippen LogP) is 1.53. The Morgan fingerprint density at radius 2 is 2.05 bits per heavy atom. The topological polar surface area (TPSA) is 73.6 Å². The van der Waals surface area contributed by atoms with Crippen LogP contribution in [-0.4, -0.2) is 32.8 Å². The second-order valence-corrected chi connectivity index (χ2v) is 4.12. The smallest absolute Gasteiger partial charge is 0.224 e. The van der Waals surface area contributed by atoms with Crippen molar-refractivity contribution in [2.24, 2.45) is 5.73 Å². The molecule has 0 saturated carbocycles. The molecule has 1 aromatic rings. The number of rotatable bonds is 9. The molecule has 0 saturated heterocycles. The van der Waals surface area contributed by atoms with E-state index in [0.29, 0.717) is 39.2 Å². The van der Waals surface area contributed by atoms with Gasteiger partial charge in [0.25, 0.3) is 0 Å². The highest BCUT2D eigenvalue weighted by atomic mass is 16.5. The number of nitrogens with one attached hydrogen (secondary N) is 1. The average molecular weight is 266 g/mol. The van der Waals surface area contributed by atoms with Gasteiger partial charge in [-0.25, -0.2) is 0 Å². The van der Waals surface area contributed by atoms with Gasteiger partial charge in [-0.3, -0.25) is 4.79 Å². The van der Waals surface area contributed by atoms with Crippen LogP contribution in [0.25, 0.3) is 0 Å². The Morgan fingerprint density at radius 1 is 1.26 bits per heavy atom. The number of amides is 1. The van der Waals surface area contributed by atoms with Gasteiger partial charge in [-0.15, -0.1) is 0 Å². The van der Waals surface area contributed by atoms with Crippen LogP contribution in [0.3, 0.4) is 0 Å². The predicted molar refractivity (Wildman–Crippen MR) is 74.9 cm³/mol. The Labute approximate surface area is 114 Å². The van der Waals surface area contributed by atoms with Gasteiger partial charge in [0, 0.05) is 32.4 Å². The molecule has 5 nitrogen and oxygen atoms in total. The monoisotopic (exact) mass is 266 g/mol. The van der Waals surface area contributed by atoms with Crippen LogP contribution in [-0.2, 0) is 20.8 Å². The van der Waals surface area contributed by atoms with Crippen LogP contribution in [0.2, 0.25) is 0 Å². The van der Waals surface area contributed by atoms with E-state index in [2.05, 4.69) is 5.32 Å². The summed E-state index contributed by atoms with van der Waals surface area (Å²) in [5.41, 5.74) is 7.34. The molecule has 0 aliphatic carbocycles. The molecule has 0 bridgehead atoms. The molecule has 19 heavy (non-hydrogen) atoms. The summed E-state index contributed by atoms with van der Waals surface area (Å²) in [5.74, 6) is -0.0174. The molecule has 3 N–H and O–H groups in total. The molecule has 1 aromatic carbocycles. The van der Waals surface area contributed by atoms with Crippen molar-refractivity contribution in [3.63, 3.8) is 0 Å². The van der Waals surface area contributed by atoms with Gasteiger partial charge in [0.1, 0.15) is 0 Å². The molecule has 0 spiro atoms. The van der Waals surface area contributed by atoms with Crippen LogP contribution in [0.1, 0.15) is 18.4 Å². The molecule has 1 amide bonds. The third kappa shape index (κ3) is 6.33. The van der Waals surface area contributed by atoms with E-state index in [9.17, 15) is 4.79 Å². The highest BCUT2D eigenvalue weighted by molar-refractivity contribution is 5.91. The maximum absolute atomic E-state index is 11.7. The molecule has 5 heteroatoms. The van der Waals surface area contributed by atoms with Crippen molar-refractivity contribution in [2.45, 2.75) is 19.4 Å². The van der Waals surface area contributed by atoms with Gasteiger partial charge in [-0.05, 0) is 18.1 Å². The number of benzene rings is 1. The number of hydrogen-bond donors (Lipinski definition) is 2. The summed E-state index contributed by atoms with van der Waals surface area (Å²) < 4.78 is 10.2. The molecular weight excluding hydrogens is 244 g/mol. The lowest BCUT2D eigenvalue weighted by Gasteiger charge is -2.09. The number of hydrogen-bond acceptors (Lipinski definition) is 4. The van der Waals surface area contributed by atoms with Crippen LogP contribution in [0.5, 0.6) is 0 Å². The Morgan fingerprint density at radius 3 is 2.79 bits per heavy atom. The average Bonchev–Trinajstić information content (AvgIpc) is 2.43. The summed E-state index contributed by atoms with van der Waals surface area (Å²) in [6.07, 6.45) is 1.13. The van der Waals surface area contributed by atoms with Crippen molar-refractivity contribution in [3.8, 4) is 0 Å². The molecule has 0 unspecified atom stereocenters.